The van der Waals surface area contributed by atoms with Crippen LogP contribution in [0.3, 0.4) is 0 Å². The van der Waals surface area contributed by atoms with Crippen molar-refractivity contribution in [2.75, 3.05) is 38.0 Å². The molecule has 66 heavy (non-hydrogen) atoms. The Hall–Kier alpha value is -6.81. The molecule has 0 fully saturated rings. The van der Waals surface area contributed by atoms with Crippen LogP contribution in [0.15, 0.2) is 78.9 Å². The molecule has 5 heterocycles. The average Bonchev–Trinajstić information content (AvgIpc) is 3.96. The molecule has 21 heteroatoms. The van der Waals surface area contributed by atoms with Gasteiger partial charge in [-0.1, -0.05) is 12.1 Å². The number of pyridine rings is 2. The quantitative estimate of drug-likeness (QED) is 0.0346. The highest BCUT2D eigenvalue weighted by Gasteiger charge is 2.30. The lowest BCUT2D eigenvalue weighted by Crippen LogP contribution is -2.33. The van der Waals surface area contributed by atoms with Crippen LogP contribution in [0, 0.1) is 12.7 Å². The van der Waals surface area contributed by atoms with E-state index in [1.807, 2.05) is 6.21 Å². The summed E-state index contributed by atoms with van der Waals surface area (Å²) in [6.07, 6.45) is 4.20. The molecular weight excluding hydrogens is 876 g/mol. The average molecular weight is 924 g/mol. The van der Waals surface area contributed by atoms with Crippen molar-refractivity contribution in [3.63, 3.8) is 0 Å². The van der Waals surface area contributed by atoms with E-state index in [4.69, 9.17) is 14.3 Å². The topological polar surface area (TPSA) is 253 Å². The van der Waals surface area contributed by atoms with Gasteiger partial charge in [0.1, 0.15) is 30.3 Å². The Morgan fingerprint density at radius 2 is 1.91 bits per heavy atom. The molecule has 1 atom stereocenters. The minimum atomic E-state index is -1.65. The molecule has 7 rings (SSSR count). The van der Waals surface area contributed by atoms with Gasteiger partial charge in [-0.15, -0.1) is 4.68 Å². The van der Waals surface area contributed by atoms with Crippen LogP contribution in [0.25, 0.3) is 22.3 Å². The van der Waals surface area contributed by atoms with Gasteiger partial charge < -0.3 is 44.4 Å². The SMILES string of the molecule is CCN(CCc1c2c(nc3cc(F)c(C)cc13)-c1cc([C@H](O)C=O)c(CO)c(=O)n1C2)C(=O)OCc1ccc(NC(=O)CNC(=O)CCCCC[N+]2=CC(=C3C=NC(SO)=NC3)N=N2)cc1. The monoisotopic (exact) mass is 923 g/mol. The molecule has 5 N–H and O–H groups in total. The summed E-state index contributed by atoms with van der Waals surface area (Å²) in [6.45, 7) is 4.04. The summed E-state index contributed by atoms with van der Waals surface area (Å²) in [5, 5.41) is 34.9. The van der Waals surface area contributed by atoms with E-state index in [2.05, 4.69) is 31.0 Å². The van der Waals surface area contributed by atoms with Crippen molar-refractivity contribution in [1.82, 2.24) is 19.8 Å². The smallest absolute Gasteiger partial charge is 0.410 e. The Morgan fingerprint density at radius 3 is 2.62 bits per heavy atom. The molecule has 2 aromatic heterocycles. The fourth-order valence-electron chi connectivity index (χ4n) is 7.76. The Kier molecular flexibility index (Phi) is 15.3. The molecule has 3 aliphatic rings. The number of amidine groups is 1. The molecule has 3 amide bonds. The number of anilines is 1. The van der Waals surface area contributed by atoms with Crippen molar-refractivity contribution >= 4 is 70.4 Å². The van der Waals surface area contributed by atoms with Crippen LogP contribution in [-0.2, 0) is 45.3 Å². The number of hydrogen-bond donors (Lipinski definition) is 5. The van der Waals surface area contributed by atoms with Gasteiger partial charge in [-0.2, -0.15) is 0 Å². The molecule has 0 radical (unpaired) electrons. The Labute approximate surface area is 381 Å². The van der Waals surface area contributed by atoms with Gasteiger partial charge >= 0.3 is 6.09 Å². The fraction of sp³-hybridized carbons (Fsp3) is 0.356. The van der Waals surface area contributed by atoms with E-state index in [1.165, 1.54) is 21.6 Å². The molecule has 344 valence electrons. The van der Waals surface area contributed by atoms with E-state index in [1.54, 1.807) is 55.1 Å². The van der Waals surface area contributed by atoms with Crippen LogP contribution in [0.2, 0.25) is 0 Å². The molecule has 0 bridgehead atoms. The van der Waals surface area contributed by atoms with Crippen molar-refractivity contribution in [1.29, 1.82) is 0 Å². The van der Waals surface area contributed by atoms with E-state index in [-0.39, 0.29) is 62.4 Å². The highest BCUT2D eigenvalue weighted by atomic mass is 32.2. The zero-order chi connectivity index (χ0) is 46.9. The molecule has 2 aromatic carbocycles. The lowest BCUT2D eigenvalue weighted by atomic mass is 9.96. The molecule has 19 nitrogen and oxygen atoms in total. The summed E-state index contributed by atoms with van der Waals surface area (Å²) in [5.41, 5.74) is 4.68. The minimum absolute atomic E-state index is 0.0350. The Balaban J connectivity index is 0.870. The molecule has 0 unspecified atom stereocenters. The molecular formula is C45H48FN10O9S+. The van der Waals surface area contributed by atoms with Crippen molar-refractivity contribution in [2.24, 2.45) is 20.3 Å². The zero-order valence-electron chi connectivity index (χ0n) is 36.2. The number of likely N-dealkylation sites (N-methyl/N-ethyl adjacent to an activating group) is 1. The maximum Gasteiger partial charge on any atom is 0.410 e. The van der Waals surface area contributed by atoms with Crippen LogP contribution in [0.5, 0.6) is 0 Å². The second-order valence-corrected chi connectivity index (χ2v) is 16.2. The number of halogens is 1. The van der Waals surface area contributed by atoms with Gasteiger partial charge in [-0.3, -0.25) is 19.4 Å². The van der Waals surface area contributed by atoms with E-state index in [0.717, 1.165) is 24.0 Å². The van der Waals surface area contributed by atoms with Gasteiger partial charge in [0.2, 0.25) is 17.0 Å². The number of fused-ring (bicyclic) bond motifs is 4. The first kappa shape index (κ1) is 47.2. The number of aromatic nitrogens is 2. The first-order valence-corrected chi connectivity index (χ1v) is 22.0. The van der Waals surface area contributed by atoms with Gasteiger partial charge in [0.25, 0.3) is 11.3 Å². The predicted molar refractivity (Wildman–Crippen MR) is 244 cm³/mol. The number of amides is 3. The number of ether oxygens (including phenoxy) is 1. The molecule has 0 spiro atoms. The second kappa shape index (κ2) is 21.5. The van der Waals surface area contributed by atoms with Crippen LogP contribution in [-0.4, -0.2) is 108 Å². The number of aliphatic imine (C=N–C) groups is 2. The summed E-state index contributed by atoms with van der Waals surface area (Å²) in [4.78, 5) is 77.7. The highest BCUT2D eigenvalue weighted by Crippen LogP contribution is 2.38. The van der Waals surface area contributed by atoms with Gasteiger partial charge in [0.15, 0.2) is 12.5 Å². The third-order valence-corrected chi connectivity index (χ3v) is 11.8. The van der Waals surface area contributed by atoms with Crippen LogP contribution in [0.4, 0.5) is 14.9 Å². The predicted octanol–water partition coefficient (Wildman–Crippen LogP) is 4.78. The van der Waals surface area contributed by atoms with Crippen molar-refractivity contribution in [3.8, 4) is 11.4 Å². The maximum absolute atomic E-state index is 14.9. The third-order valence-electron chi connectivity index (χ3n) is 11.4. The van der Waals surface area contributed by atoms with Gasteiger partial charge in [-0.05, 0) is 80.5 Å². The van der Waals surface area contributed by atoms with Gasteiger partial charge in [0.05, 0.1) is 60.3 Å². The lowest BCUT2D eigenvalue weighted by molar-refractivity contribution is -0.532. The molecule has 0 saturated heterocycles. The normalized spacial score (nSPS) is 15.2. The number of aryl methyl sites for hydroxylation is 1. The molecule has 3 aliphatic heterocycles. The van der Waals surface area contributed by atoms with Crippen molar-refractivity contribution in [2.45, 2.75) is 71.8 Å². The van der Waals surface area contributed by atoms with E-state index in [0.29, 0.717) is 93.6 Å². The number of aldehydes is 1. The first-order valence-electron chi connectivity index (χ1n) is 21.3. The largest absolute Gasteiger partial charge is 0.445 e. The number of benzene rings is 2. The number of nitrogens with zero attached hydrogens (tertiary/aromatic N) is 8. The van der Waals surface area contributed by atoms with E-state index < -0.39 is 36.1 Å². The van der Waals surface area contributed by atoms with E-state index in [9.17, 15) is 38.6 Å². The number of unbranched alkanes of at least 4 members (excludes halogenated alkanes) is 2. The number of hydrogen-bond acceptors (Lipinski definition) is 15. The third kappa shape index (κ3) is 10.8. The fourth-order valence-corrected chi connectivity index (χ4v) is 7.98. The number of rotatable bonds is 18. The van der Waals surface area contributed by atoms with Crippen molar-refractivity contribution < 1.29 is 47.8 Å². The lowest BCUT2D eigenvalue weighted by Gasteiger charge is -2.22. The standard InChI is InChI=1S/C45H47FN10O9S/c1-3-54(14-12-30-31-15-26(2)35(46)17-36(31)51-42-33(30)21-56-38(42)16-32(39(59)24-58)34(23-57)43(56)62)45(63)65-25-27-8-10-29(11-9-27)50-41(61)20-47-40(60)7-5-4-6-13-55-22-37(52-53-55)28-18-48-44(66-64)49-19-28/h8-11,15-18,22,24,39,57,59H,3-7,12-14,19-21,23,25H2,1-2H3,(H2-,47,50,60,61,64)/p+1/t39-/m1/s1. The Bertz CT molecular complexity index is 2790. The van der Waals surface area contributed by atoms with Crippen LogP contribution in [0.1, 0.15) is 72.1 Å². The van der Waals surface area contributed by atoms with Gasteiger partial charge in [-0.25, -0.2) is 19.2 Å². The van der Waals surface area contributed by atoms with Crippen LogP contribution < -0.4 is 16.2 Å². The maximum atomic E-state index is 14.9. The summed E-state index contributed by atoms with van der Waals surface area (Å²) in [5.74, 6) is -1.12. The number of aliphatic hydroxyl groups excluding tert-OH is 2. The number of allylic oxidation sites excluding steroid dienone is 1. The van der Waals surface area contributed by atoms with Gasteiger partial charge in [0, 0.05) is 65.1 Å². The first-order chi connectivity index (χ1) is 31.9. The summed E-state index contributed by atoms with van der Waals surface area (Å²) in [6, 6.07) is 11.2. The molecule has 4 aromatic rings. The van der Waals surface area contributed by atoms with E-state index >= 15 is 0 Å². The number of nitrogens with one attached hydrogen (secondary N) is 2. The van der Waals surface area contributed by atoms with Crippen LogP contribution >= 0.6 is 12.0 Å². The number of carbonyl (C=O) groups excluding carboxylic acids is 4. The molecule has 0 aliphatic carbocycles. The minimum Gasteiger partial charge on any atom is -0.445 e. The Morgan fingerprint density at radius 1 is 1.11 bits per heavy atom. The highest BCUT2D eigenvalue weighted by molar-refractivity contribution is 8.09. The number of carbonyl (C=O) groups is 4. The summed E-state index contributed by atoms with van der Waals surface area (Å²) >= 11 is 0.492. The zero-order valence-corrected chi connectivity index (χ0v) is 37.0. The second-order valence-electron chi connectivity index (χ2n) is 15.7. The van der Waals surface area contributed by atoms with Crippen molar-refractivity contribution in [3.05, 3.63) is 103 Å². The number of aliphatic hydroxyl groups is 2. The summed E-state index contributed by atoms with van der Waals surface area (Å²) in [7, 11) is 0. The summed E-state index contributed by atoms with van der Waals surface area (Å²) < 4.78 is 32.7. The molecule has 0 saturated carbocycles.